The summed E-state index contributed by atoms with van der Waals surface area (Å²) in [7, 11) is 0. The number of carbonyl (C=O) groups is 1. The molecule has 0 saturated heterocycles. The second-order valence-corrected chi connectivity index (χ2v) is 6.28. The van der Waals surface area contributed by atoms with Gasteiger partial charge < -0.3 is 10.2 Å². The van der Waals surface area contributed by atoms with Crippen molar-refractivity contribution in [2.24, 2.45) is 0 Å². The van der Waals surface area contributed by atoms with E-state index in [1.807, 2.05) is 0 Å². The number of aromatic hydroxyl groups is 1. The van der Waals surface area contributed by atoms with Crippen LogP contribution < -0.4 is 0 Å². The lowest BCUT2D eigenvalue weighted by atomic mass is 10.0. The van der Waals surface area contributed by atoms with Gasteiger partial charge in [-0.3, -0.25) is 0 Å². The first-order valence-electron chi connectivity index (χ1n) is 5.79. The van der Waals surface area contributed by atoms with E-state index in [4.69, 9.17) is 28.3 Å². The van der Waals surface area contributed by atoms with Crippen LogP contribution >= 0.6 is 23.2 Å². The molecule has 1 heterocycles. The Morgan fingerprint density at radius 1 is 1.27 bits per heavy atom. The van der Waals surface area contributed by atoms with Crippen molar-refractivity contribution in [3.8, 4) is 5.75 Å². The molecule has 0 bridgehead atoms. The molecule has 1 aromatic carbocycles. The summed E-state index contributed by atoms with van der Waals surface area (Å²) in [6.07, 6.45) is -4.74. The number of hydrogen-bond acceptors (Lipinski definition) is 3. The van der Waals surface area contributed by atoms with Crippen LogP contribution in [0.2, 0.25) is 0 Å². The smallest absolute Gasteiger partial charge is 0.418 e. The molecule has 4 nitrogen and oxygen atoms in total. The maximum absolute atomic E-state index is 13.0. The highest BCUT2D eigenvalue weighted by molar-refractivity contribution is 6.48. The second kappa shape index (κ2) is 5.17. The molecule has 0 amide bonds. The number of nitrogens with zero attached hydrogens (tertiary/aromatic N) is 1. The second-order valence-electron chi connectivity index (χ2n) is 4.58. The van der Waals surface area contributed by atoms with Crippen molar-refractivity contribution in [1.29, 1.82) is 0 Å². The lowest BCUT2D eigenvalue weighted by molar-refractivity contribution is -0.136. The molecule has 0 aliphatic heterocycles. The third-order valence-electron chi connectivity index (χ3n) is 2.92. The number of carboxylic acid groups (broad SMARTS) is 1. The minimum atomic E-state index is -4.74. The molecule has 118 valence electrons. The summed E-state index contributed by atoms with van der Waals surface area (Å²) in [5.41, 5.74) is -3.06. The Bertz CT molecular complexity index is 770. The number of benzene rings is 1. The molecule has 2 N–H and O–H groups in total. The number of aromatic carboxylic acids is 1. The summed E-state index contributed by atoms with van der Waals surface area (Å²) >= 11 is 11.6. The predicted molar refractivity (Wildman–Crippen MR) is 74.4 cm³/mol. The van der Waals surface area contributed by atoms with Crippen LogP contribution in [0.1, 0.15) is 28.5 Å². The fourth-order valence-corrected chi connectivity index (χ4v) is 2.29. The highest BCUT2D eigenvalue weighted by Crippen LogP contribution is 2.43. The topological polar surface area (TPSA) is 70.4 Å². The Labute approximate surface area is 132 Å². The zero-order chi connectivity index (χ0) is 16.9. The minimum Gasteiger partial charge on any atom is -0.506 e. The Morgan fingerprint density at radius 3 is 2.32 bits per heavy atom. The van der Waals surface area contributed by atoms with Gasteiger partial charge in [0.25, 0.3) is 0 Å². The average Bonchev–Trinajstić information content (AvgIpc) is 2.35. The zero-order valence-electron chi connectivity index (χ0n) is 10.9. The van der Waals surface area contributed by atoms with Crippen LogP contribution in [0.3, 0.4) is 0 Å². The van der Waals surface area contributed by atoms with Crippen molar-refractivity contribution in [2.75, 3.05) is 0 Å². The van der Waals surface area contributed by atoms with Crippen molar-refractivity contribution in [3.05, 3.63) is 35.0 Å². The van der Waals surface area contributed by atoms with Gasteiger partial charge in [-0.25, -0.2) is 9.78 Å². The third kappa shape index (κ3) is 2.78. The van der Waals surface area contributed by atoms with Gasteiger partial charge in [0.15, 0.2) is 4.33 Å². The van der Waals surface area contributed by atoms with E-state index in [1.165, 1.54) is 0 Å². The van der Waals surface area contributed by atoms with E-state index in [0.717, 1.165) is 25.1 Å². The van der Waals surface area contributed by atoms with E-state index < -0.39 is 44.6 Å². The number of aromatic nitrogens is 1. The molecular weight excluding hydrogens is 346 g/mol. The first-order valence-corrected chi connectivity index (χ1v) is 6.54. The third-order valence-corrected chi connectivity index (χ3v) is 3.28. The number of halogens is 5. The predicted octanol–water partition coefficient (Wildman–Crippen LogP) is 4.31. The van der Waals surface area contributed by atoms with Crippen molar-refractivity contribution in [2.45, 2.75) is 17.4 Å². The van der Waals surface area contributed by atoms with Crippen molar-refractivity contribution < 1.29 is 28.2 Å². The van der Waals surface area contributed by atoms with Gasteiger partial charge >= 0.3 is 12.1 Å². The van der Waals surface area contributed by atoms with Crippen LogP contribution in [0.4, 0.5) is 13.2 Å². The van der Waals surface area contributed by atoms with Crippen LogP contribution in [0, 0.1) is 0 Å². The summed E-state index contributed by atoms with van der Waals surface area (Å²) in [6, 6.07) is 2.93. The summed E-state index contributed by atoms with van der Waals surface area (Å²) in [5.74, 6) is -2.47. The van der Waals surface area contributed by atoms with Crippen molar-refractivity contribution in [1.82, 2.24) is 4.98 Å². The lowest BCUT2D eigenvalue weighted by Crippen LogP contribution is -2.16. The fourth-order valence-electron chi connectivity index (χ4n) is 2.02. The van der Waals surface area contributed by atoms with Gasteiger partial charge in [0.2, 0.25) is 0 Å². The van der Waals surface area contributed by atoms with Crippen LogP contribution in [0.25, 0.3) is 10.9 Å². The molecule has 9 heteroatoms. The van der Waals surface area contributed by atoms with Gasteiger partial charge in [0.05, 0.1) is 16.8 Å². The van der Waals surface area contributed by atoms with Crippen LogP contribution in [0.15, 0.2) is 18.2 Å². The molecule has 0 atom stereocenters. The van der Waals surface area contributed by atoms with E-state index in [2.05, 4.69) is 4.98 Å². The largest absolute Gasteiger partial charge is 0.506 e. The van der Waals surface area contributed by atoms with E-state index >= 15 is 0 Å². The van der Waals surface area contributed by atoms with Gasteiger partial charge in [-0.1, -0.05) is 29.3 Å². The minimum absolute atomic E-state index is 0.353. The zero-order valence-corrected chi connectivity index (χ0v) is 12.4. The highest BCUT2D eigenvalue weighted by atomic mass is 35.5. The Morgan fingerprint density at radius 2 is 1.86 bits per heavy atom. The molecule has 0 saturated carbocycles. The molecule has 1 aromatic heterocycles. The van der Waals surface area contributed by atoms with Crippen molar-refractivity contribution in [3.63, 3.8) is 0 Å². The normalized spacial score (nSPS) is 12.6. The van der Waals surface area contributed by atoms with E-state index in [1.54, 1.807) is 0 Å². The van der Waals surface area contributed by atoms with Crippen LogP contribution in [0.5, 0.6) is 5.75 Å². The molecule has 2 aromatic rings. The summed E-state index contributed by atoms with van der Waals surface area (Å²) in [4.78, 5) is 14.9. The summed E-state index contributed by atoms with van der Waals surface area (Å²) in [6.45, 7) is 1.15. The Kier molecular flexibility index (Phi) is 3.91. The molecule has 0 unspecified atom stereocenters. The number of hydrogen-bond donors (Lipinski definition) is 2. The molecule has 0 fully saturated rings. The molecule has 0 aliphatic carbocycles. The highest BCUT2D eigenvalue weighted by Gasteiger charge is 2.37. The number of rotatable bonds is 2. The van der Waals surface area contributed by atoms with Crippen molar-refractivity contribution >= 4 is 40.1 Å². The van der Waals surface area contributed by atoms with Crippen LogP contribution in [-0.2, 0) is 10.5 Å². The lowest BCUT2D eigenvalue weighted by Gasteiger charge is -2.19. The Balaban J connectivity index is 3.02. The molecule has 0 aliphatic rings. The first-order chi connectivity index (χ1) is 9.94. The molecule has 0 radical (unpaired) electrons. The standard InChI is InChI=1S/C13H8Cl2F3NO3/c1-12(14,15)10-7(11(21)22)9(20)5-3-2-4-6(8(5)19-10)13(16,17)18/h2-4H,1H3,(H,19,20)(H,21,22). The number of para-hydroxylation sites is 1. The number of pyridine rings is 1. The maximum atomic E-state index is 13.0. The molecular formula is C13H8Cl2F3NO3. The number of fused-ring (bicyclic) bond motifs is 1. The molecule has 0 spiro atoms. The van der Waals surface area contributed by atoms with Gasteiger partial charge in [0.1, 0.15) is 11.3 Å². The van der Waals surface area contributed by atoms with Gasteiger partial charge in [0, 0.05) is 5.39 Å². The number of carboxylic acids is 1. The SMILES string of the molecule is CC(Cl)(Cl)c1nc2c(C(F)(F)F)cccc2c(O)c1C(=O)O. The quantitative estimate of drug-likeness (QED) is 0.789. The maximum Gasteiger partial charge on any atom is 0.418 e. The van der Waals surface area contributed by atoms with E-state index in [0.29, 0.717) is 0 Å². The monoisotopic (exact) mass is 353 g/mol. The van der Waals surface area contributed by atoms with Gasteiger partial charge in [-0.2, -0.15) is 13.2 Å². The average molecular weight is 354 g/mol. The van der Waals surface area contributed by atoms with E-state index in [9.17, 15) is 23.1 Å². The summed E-state index contributed by atoms with van der Waals surface area (Å²) in [5, 5.41) is 18.9. The molecule has 2 rings (SSSR count). The Hall–Kier alpha value is -1.73. The fraction of sp³-hybridized carbons (Fsp3) is 0.231. The first kappa shape index (κ1) is 16.6. The van der Waals surface area contributed by atoms with E-state index in [-0.39, 0.29) is 5.39 Å². The van der Waals surface area contributed by atoms with Gasteiger partial charge in [-0.15, -0.1) is 0 Å². The number of alkyl halides is 5. The van der Waals surface area contributed by atoms with Gasteiger partial charge in [-0.05, 0) is 19.1 Å². The molecule has 22 heavy (non-hydrogen) atoms. The summed E-state index contributed by atoms with van der Waals surface area (Å²) < 4.78 is 37.2. The van der Waals surface area contributed by atoms with Crippen LogP contribution in [-0.4, -0.2) is 21.2 Å².